The van der Waals surface area contributed by atoms with Gasteiger partial charge in [0.25, 0.3) is 0 Å². The third kappa shape index (κ3) is 5.00. The van der Waals surface area contributed by atoms with Crippen molar-refractivity contribution in [2.45, 2.75) is 118 Å². The Labute approximate surface area is 290 Å². The minimum absolute atomic E-state index is 0.0246. The molecule has 0 spiro atoms. The molecule has 0 bridgehead atoms. The van der Waals surface area contributed by atoms with Gasteiger partial charge >= 0.3 is 6.03 Å². The molecule has 1 aliphatic heterocycles. The monoisotopic (exact) mass is 657 g/mol. The third-order valence-electron chi connectivity index (χ3n) is 16.1. The number of carbonyl (C=O) groups excluding carboxylic acids is 1. The highest BCUT2D eigenvalue weighted by molar-refractivity contribution is 5.75. The fourth-order valence-corrected chi connectivity index (χ4v) is 13.6. The van der Waals surface area contributed by atoms with E-state index in [1.54, 1.807) is 0 Å². The Kier molecular flexibility index (Phi) is 8.56. The van der Waals surface area contributed by atoms with Gasteiger partial charge in [0.2, 0.25) is 0 Å². The van der Waals surface area contributed by atoms with Crippen LogP contribution in [0.5, 0.6) is 0 Å². The molecule has 1 heterocycles. The van der Waals surface area contributed by atoms with Crippen LogP contribution in [0.4, 0.5) is 4.79 Å². The molecule has 264 valence electrons. The van der Waals surface area contributed by atoms with Gasteiger partial charge in [0.1, 0.15) is 0 Å². The van der Waals surface area contributed by atoms with Gasteiger partial charge in [-0.05, 0) is 140 Å². The summed E-state index contributed by atoms with van der Waals surface area (Å²) in [5, 5.41) is 26.6. The third-order valence-corrected chi connectivity index (χ3v) is 16.1. The van der Waals surface area contributed by atoms with Gasteiger partial charge in [-0.1, -0.05) is 77.1 Å². The lowest BCUT2D eigenvalue weighted by molar-refractivity contribution is -0.218. The highest BCUT2D eigenvalue weighted by atomic mass is 16.5. The van der Waals surface area contributed by atoms with Gasteiger partial charge in [-0.2, -0.15) is 0 Å². The molecule has 6 nitrogen and oxygen atoms in total. The molecular formula is C42H63N3O3. The van der Waals surface area contributed by atoms with Crippen molar-refractivity contribution >= 4 is 11.6 Å². The van der Waals surface area contributed by atoms with Crippen LogP contribution in [-0.4, -0.2) is 52.9 Å². The van der Waals surface area contributed by atoms with Crippen LogP contribution in [0.2, 0.25) is 0 Å². The lowest BCUT2D eigenvalue weighted by Gasteiger charge is -2.72. The predicted molar refractivity (Wildman–Crippen MR) is 194 cm³/mol. The summed E-state index contributed by atoms with van der Waals surface area (Å²) < 4.78 is 0. The van der Waals surface area contributed by atoms with E-state index in [0.717, 1.165) is 58.3 Å². The maximum absolute atomic E-state index is 13.9. The van der Waals surface area contributed by atoms with Gasteiger partial charge in [0.15, 0.2) is 6.29 Å². The van der Waals surface area contributed by atoms with Gasteiger partial charge in [-0.15, -0.1) is 0 Å². The van der Waals surface area contributed by atoms with Crippen molar-refractivity contribution in [3.05, 3.63) is 53.6 Å². The van der Waals surface area contributed by atoms with Crippen molar-refractivity contribution in [3.63, 3.8) is 0 Å². The summed E-state index contributed by atoms with van der Waals surface area (Å²) in [6.07, 6.45) is 12.8. The average molecular weight is 658 g/mol. The molecule has 5 aliphatic carbocycles. The molecule has 9 unspecified atom stereocenters. The first-order valence-electron chi connectivity index (χ1n) is 19.3. The Morgan fingerprint density at radius 2 is 1.67 bits per heavy atom. The smallest absolute Gasteiger partial charge is 0.317 e. The molecule has 9 atom stereocenters. The molecular weight excluding hydrogens is 594 g/mol. The SMILES string of the molecule is C=C(C)C1CCC2(NC(=O)N3CCCNCC3)CCC3(C)C(CCC4C5(C)CC=C(c6ccc(C(O)O)cc6)C(C)(C)C5CCC43C)C12. The Morgan fingerprint density at radius 3 is 2.38 bits per heavy atom. The molecule has 0 aromatic heterocycles. The van der Waals surface area contributed by atoms with Gasteiger partial charge < -0.3 is 25.7 Å². The summed E-state index contributed by atoms with van der Waals surface area (Å²) >= 11 is 0. The Bertz CT molecular complexity index is 1440. The molecule has 1 aromatic carbocycles. The molecule has 4 N–H and O–H groups in total. The summed E-state index contributed by atoms with van der Waals surface area (Å²) in [5.41, 5.74) is 5.09. The van der Waals surface area contributed by atoms with Crippen molar-refractivity contribution in [2.24, 2.45) is 51.2 Å². The predicted octanol–water partition coefficient (Wildman–Crippen LogP) is 8.08. The van der Waals surface area contributed by atoms with E-state index in [1.165, 1.54) is 48.8 Å². The molecule has 2 amide bonds. The molecule has 1 aromatic rings. The molecule has 7 rings (SSSR count). The summed E-state index contributed by atoms with van der Waals surface area (Å²) in [4.78, 5) is 16.0. The number of allylic oxidation sites excluding steroid dienone is 3. The number of urea groups is 1. The topological polar surface area (TPSA) is 84.8 Å². The van der Waals surface area contributed by atoms with E-state index in [1.807, 2.05) is 12.1 Å². The number of rotatable bonds is 4. The lowest BCUT2D eigenvalue weighted by Crippen LogP contribution is -2.68. The molecule has 4 saturated carbocycles. The van der Waals surface area contributed by atoms with Crippen LogP contribution in [0.25, 0.3) is 5.57 Å². The number of hydrogen-bond acceptors (Lipinski definition) is 4. The van der Waals surface area contributed by atoms with Crippen molar-refractivity contribution in [3.8, 4) is 0 Å². The van der Waals surface area contributed by atoms with E-state index in [4.69, 9.17) is 0 Å². The molecule has 6 heteroatoms. The van der Waals surface area contributed by atoms with E-state index in [2.05, 4.69) is 81.9 Å². The summed E-state index contributed by atoms with van der Waals surface area (Å²) in [6.45, 7) is 23.3. The Morgan fingerprint density at radius 1 is 0.917 bits per heavy atom. The maximum Gasteiger partial charge on any atom is 0.317 e. The van der Waals surface area contributed by atoms with Gasteiger partial charge in [-0.25, -0.2) is 4.79 Å². The number of nitrogens with zero attached hydrogens (tertiary/aromatic N) is 1. The molecule has 1 saturated heterocycles. The standard InChI is InChI=1S/C42H63N3O3/c1-27(2)30-15-20-42(44-37(48)45-25-8-23-43-24-26-45)22-21-40(6)32(35(30)42)13-14-34-39(5)18-16-31(28-9-11-29(12-10-28)36(46)47)38(3,4)33(39)17-19-41(34,40)7/h9-12,16,30,32-36,43,46-47H,1,8,13-15,17-26H2,2-7H3,(H,44,48). The number of aliphatic hydroxyl groups is 2. The Hall–Kier alpha value is -2.15. The van der Waals surface area contributed by atoms with E-state index in [-0.39, 0.29) is 33.2 Å². The van der Waals surface area contributed by atoms with Crippen LogP contribution in [0.15, 0.2) is 42.5 Å². The van der Waals surface area contributed by atoms with Gasteiger partial charge in [0, 0.05) is 30.7 Å². The number of aliphatic hydroxyl groups excluding tert-OH is 1. The molecule has 5 fully saturated rings. The van der Waals surface area contributed by atoms with Crippen molar-refractivity contribution in [1.29, 1.82) is 0 Å². The second kappa shape index (κ2) is 12.0. The van der Waals surface area contributed by atoms with Crippen LogP contribution in [-0.2, 0) is 0 Å². The number of benzene rings is 1. The highest BCUT2D eigenvalue weighted by Gasteiger charge is 2.70. The summed E-state index contributed by atoms with van der Waals surface area (Å²) in [5.74, 6) is 2.77. The number of hydrogen-bond donors (Lipinski definition) is 4. The second-order valence-corrected chi connectivity index (χ2v) is 18.4. The molecule has 6 aliphatic rings. The fraction of sp³-hybridized carbons (Fsp3) is 0.738. The zero-order valence-corrected chi connectivity index (χ0v) is 30.7. The van der Waals surface area contributed by atoms with Gasteiger partial charge in [-0.3, -0.25) is 0 Å². The van der Waals surface area contributed by atoms with E-state index in [9.17, 15) is 15.0 Å². The first-order valence-corrected chi connectivity index (χ1v) is 19.3. The normalized spacial score (nSPS) is 42.1. The van der Waals surface area contributed by atoms with Crippen LogP contribution in [0.3, 0.4) is 0 Å². The Balaban J connectivity index is 1.19. The lowest BCUT2D eigenvalue weighted by atomic mass is 9.33. The van der Waals surface area contributed by atoms with Crippen molar-refractivity contribution in [2.75, 3.05) is 26.2 Å². The average Bonchev–Trinajstić information content (AvgIpc) is 3.20. The first kappa shape index (κ1) is 34.3. The number of fused-ring (bicyclic) bond motifs is 7. The zero-order chi connectivity index (χ0) is 34.3. The minimum atomic E-state index is -1.43. The fourth-order valence-electron chi connectivity index (χ4n) is 13.6. The largest absolute Gasteiger partial charge is 0.364 e. The summed E-state index contributed by atoms with van der Waals surface area (Å²) in [6, 6.07) is 8.06. The van der Waals surface area contributed by atoms with Crippen molar-refractivity contribution in [1.82, 2.24) is 15.5 Å². The first-order chi connectivity index (χ1) is 22.7. The van der Waals surface area contributed by atoms with Crippen LogP contribution >= 0.6 is 0 Å². The number of amides is 2. The van der Waals surface area contributed by atoms with E-state index >= 15 is 0 Å². The zero-order valence-electron chi connectivity index (χ0n) is 30.7. The van der Waals surface area contributed by atoms with Crippen LogP contribution < -0.4 is 10.6 Å². The van der Waals surface area contributed by atoms with Crippen molar-refractivity contribution < 1.29 is 15.0 Å². The quantitative estimate of drug-likeness (QED) is 0.195. The molecule has 48 heavy (non-hydrogen) atoms. The van der Waals surface area contributed by atoms with Crippen LogP contribution in [0, 0.1) is 51.2 Å². The van der Waals surface area contributed by atoms with Crippen LogP contribution in [0.1, 0.15) is 123 Å². The second-order valence-electron chi connectivity index (χ2n) is 18.4. The van der Waals surface area contributed by atoms with E-state index < -0.39 is 6.29 Å². The maximum atomic E-state index is 13.9. The van der Waals surface area contributed by atoms with E-state index in [0.29, 0.717) is 35.2 Å². The van der Waals surface area contributed by atoms with Gasteiger partial charge in [0.05, 0.1) is 0 Å². The minimum Gasteiger partial charge on any atom is -0.364 e. The highest BCUT2D eigenvalue weighted by Crippen LogP contribution is 2.76. The number of nitrogens with one attached hydrogen (secondary N) is 2. The molecule has 0 radical (unpaired) electrons. The number of carbonyl (C=O) groups is 1. The summed E-state index contributed by atoms with van der Waals surface area (Å²) in [7, 11) is 0.